The summed E-state index contributed by atoms with van der Waals surface area (Å²) in [5.41, 5.74) is 2.55. The van der Waals surface area contributed by atoms with Gasteiger partial charge >= 0.3 is 6.03 Å². The molecular weight excluding hydrogens is 354 g/mol. The molecule has 0 unspecified atom stereocenters. The minimum absolute atomic E-state index is 0.0521. The molecule has 3 N–H and O–H groups in total. The van der Waals surface area contributed by atoms with E-state index in [4.69, 9.17) is 4.74 Å². The molecule has 0 saturated carbocycles. The van der Waals surface area contributed by atoms with E-state index in [0.29, 0.717) is 31.0 Å². The van der Waals surface area contributed by atoms with Crippen LogP contribution in [0.5, 0.6) is 5.75 Å². The number of benzene rings is 2. The number of hydrogen-bond donors (Lipinski definition) is 3. The van der Waals surface area contributed by atoms with E-state index in [1.807, 2.05) is 36.4 Å². The predicted octanol–water partition coefficient (Wildman–Crippen LogP) is 4.53. The first kappa shape index (κ1) is 21.3. The molecule has 0 aliphatic heterocycles. The molecule has 6 nitrogen and oxygen atoms in total. The van der Waals surface area contributed by atoms with Crippen LogP contribution in [-0.2, 0) is 10.2 Å². The number of para-hydroxylation sites is 1. The fourth-order valence-corrected chi connectivity index (χ4v) is 2.74. The van der Waals surface area contributed by atoms with Gasteiger partial charge in [0.15, 0.2) is 0 Å². The number of urea groups is 1. The summed E-state index contributed by atoms with van der Waals surface area (Å²) in [5, 5.41) is 8.48. The van der Waals surface area contributed by atoms with Gasteiger partial charge < -0.3 is 20.7 Å². The van der Waals surface area contributed by atoms with Gasteiger partial charge in [0.2, 0.25) is 5.91 Å². The molecule has 28 heavy (non-hydrogen) atoms. The minimum Gasteiger partial charge on any atom is -0.493 e. The zero-order chi connectivity index (χ0) is 20.6. The number of carbonyl (C=O) groups is 2. The lowest BCUT2D eigenvalue weighted by Crippen LogP contribution is -2.31. The Morgan fingerprint density at radius 2 is 1.75 bits per heavy atom. The van der Waals surface area contributed by atoms with Crippen LogP contribution in [-0.4, -0.2) is 25.1 Å². The number of amides is 3. The van der Waals surface area contributed by atoms with Crippen molar-refractivity contribution in [2.45, 2.75) is 39.5 Å². The third-order valence-corrected chi connectivity index (χ3v) is 4.01. The first-order valence-electron chi connectivity index (χ1n) is 9.40. The largest absolute Gasteiger partial charge is 0.493 e. The second-order valence-electron chi connectivity index (χ2n) is 7.59. The van der Waals surface area contributed by atoms with Crippen LogP contribution in [0.1, 0.15) is 39.7 Å². The Morgan fingerprint density at radius 3 is 2.46 bits per heavy atom. The zero-order valence-corrected chi connectivity index (χ0v) is 17.0. The first-order valence-corrected chi connectivity index (χ1v) is 9.40. The van der Waals surface area contributed by atoms with Crippen molar-refractivity contribution in [3.05, 3.63) is 54.1 Å². The maximum absolute atomic E-state index is 12.2. The van der Waals surface area contributed by atoms with E-state index < -0.39 is 0 Å². The molecule has 0 heterocycles. The topological polar surface area (TPSA) is 79.5 Å². The van der Waals surface area contributed by atoms with Gasteiger partial charge in [-0.25, -0.2) is 4.79 Å². The maximum Gasteiger partial charge on any atom is 0.319 e. The molecule has 0 aromatic heterocycles. The molecule has 0 atom stereocenters. The molecular formula is C22H29N3O3. The van der Waals surface area contributed by atoms with Gasteiger partial charge in [0.25, 0.3) is 0 Å². The van der Waals surface area contributed by atoms with Crippen molar-refractivity contribution in [1.82, 2.24) is 5.32 Å². The molecule has 6 heteroatoms. The van der Waals surface area contributed by atoms with Crippen LogP contribution in [0.2, 0.25) is 0 Å². The average Bonchev–Trinajstić information content (AvgIpc) is 2.61. The zero-order valence-electron chi connectivity index (χ0n) is 17.0. The van der Waals surface area contributed by atoms with Crippen LogP contribution >= 0.6 is 0 Å². The summed E-state index contributed by atoms with van der Waals surface area (Å²) < 4.78 is 5.67. The third kappa shape index (κ3) is 6.95. The third-order valence-electron chi connectivity index (χ3n) is 4.01. The van der Waals surface area contributed by atoms with Gasteiger partial charge in [-0.15, -0.1) is 0 Å². The summed E-state index contributed by atoms with van der Waals surface area (Å²) in [6, 6.07) is 14.8. The van der Waals surface area contributed by atoms with Crippen molar-refractivity contribution in [3.63, 3.8) is 0 Å². The van der Waals surface area contributed by atoms with Gasteiger partial charge in [0.05, 0.1) is 6.61 Å². The number of rotatable bonds is 7. The van der Waals surface area contributed by atoms with E-state index >= 15 is 0 Å². The molecule has 150 valence electrons. The fourth-order valence-electron chi connectivity index (χ4n) is 2.74. The van der Waals surface area contributed by atoms with Gasteiger partial charge in [-0.3, -0.25) is 4.79 Å². The van der Waals surface area contributed by atoms with Crippen molar-refractivity contribution in [3.8, 4) is 5.75 Å². The Hall–Kier alpha value is -3.02. The van der Waals surface area contributed by atoms with E-state index in [-0.39, 0.29) is 17.4 Å². The lowest BCUT2D eigenvalue weighted by atomic mass is 9.86. The SMILES string of the molecule is CC(=O)Nc1cccc(OCCCNC(=O)Nc2ccccc2C(C)(C)C)c1. The first-order chi connectivity index (χ1) is 13.3. The molecule has 3 amide bonds. The summed E-state index contributed by atoms with van der Waals surface area (Å²) in [6.07, 6.45) is 0.665. The van der Waals surface area contributed by atoms with Crippen LogP contribution in [0.25, 0.3) is 0 Å². The van der Waals surface area contributed by atoms with Crippen molar-refractivity contribution in [2.24, 2.45) is 0 Å². The molecule has 0 bridgehead atoms. The van der Waals surface area contributed by atoms with Crippen LogP contribution in [0, 0.1) is 0 Å². The van der Waals surface area contributed by atoms with E-state index in [2.05, 4.69) is 36.7 Å². The van der Waals surface area contributed by atoms with Crippen LogP contribution in [0.3, 0.4) is 0 Å². The number of ether oxygens (including phenoxy) is 1. The molecule has 0 radical (unpaired) electrons. The van der Waals surface area contributed by atoms with Crippen molar-refractivity contribution in [2.75, 3.05) is 23.8 Å². The molecule has 0 saturated heterocycles. The Bertz CT molecular complexity index is 813. The van der Waals surface area contributed by atoms with Crippen molar-refractivity contribution < 1.29 is 14.3 Å². The highest BCUT2D eigenvalue weighted by atomic mass is 16.5. The van der Waals surface area contributed by atoms with E-state index in [0.717, 1.165) is 11.3 Å². The van der Waals surface area contributed by atoms with Gasteiger partial charge in [-0.1, -0.05) is 45.0 Å². The lowest BCUT2D eigenvalue weighted by Gasteiger charge is -2.23. The van der Waals surface area contributed by atoms with Gasteiger partial charge in [0, 0.05) is 30.9 Å². The number of anilines is 2. The minimum atomic E-state index is -0.232. The quantitative estimate of drug-likeness (QED) is 0.615. The highest BCUT2D eigenvalue weighted by Gasteiger charge is 2.18. The lowest BCUT2D eigenvalue weighted by molar-refractivity contribution is -0.114. The second kappa shape index (κ2) is 9.78. The number of carbonyl (C=O) groups excluding carboxylic acids is 2. The van der Waals surface area contributed by atoms with Gasteiger partial charge in [-0.2, -0.15) is 0 Å². The Labute approximate surface area is 166 Å². The number of hydrogen-bond acceptors (Lipinski definition) is 3. The molecule has 0 fully saturated rings. The Balaban J connectivity index is 1.74. The summed E-state index contributed by atoms with van der Waals surface area (Å²) in [7, 11) is 0. The van der Waals surface area contributed by atoms with E-state index in [1.165, 1.54) is 6.92 Å². The molecule has 0 aliphatic carbocycles. The van der Waals surface area contributed by atoms with Gasteiger partial charge in [-0.05, 0) is 35.6 Å². The maximum atomic E-state index is 12.2. The summed E-state index contributed by atoms with van der Waals surface area (Å²) >= 11 is 0. The van der Waals surface area contributed by atoms with Crippen molar-refractivity contribution in [1.29, 1.82) is 0 Å². The summed E-state index contributed by atoms with van der Waals surface area (Å²) in [5.74, 6) is 0.551. The number of nitrogens with one attached hydrogen (secondary N) is 3. The molecule has 2 aromatic carbocycles. The predicted molar refractivity (Wildman–Crippen MR) is 113 cm³/mol. The fraction of sp³-hybridized carbons (Fsp3) is 0.364. The van der Waals surface area contributed by atoms with Crippen LogP contribution in [0.15, 0.2) is 48.5 Å². The summed E-state index contributed by atoms with van der Waals surface area (Å²) in [6.45, 7) is 8.76. The molecule has 0 spiro atoms. The normalized spacial score (nSPS) is 10.9. The van der Waals surface area contributed by atoms with Crippen LogP contribution < -0.4 is 20.7 Å². The molecule has 2 aromatic rings. The summed E-state index contributed by atoms with van der Waals surface area (Å²) in [4.78, 5) is 23.3. The van der Waals surface area contributed by atoms with Gasteiger partial charge in [0.1, 0.15) is 5.75 Å². The average molecular weight is 383 g/mol. The van der Waals surface area contributed by atoms with E-state index in [1.54, 1.807) is 12.1 Å². The van der Waals surface area contributed by atoms with Crippen molar-refractivity contribution >= 4 is 23.3 Å². The molecule has 2 rings (SSSR count). The van der Waals surface area contributed by atoms with E-state index in [9.17, 15) is 9.59 Å². The highest BCUT2D eigenvalue weighted by molar-refractivity contribution is 5.90. The standard InChI is InChI=1S/C22H29N3O3/c1-16(26)24-17-9-7-10-18(15-17)28-14-8-13-23-21(27)25-20-12-6-5-11-19(20)22(2,3)4/h5-7,9-12,15H,8,13-14H2,1-4H3,(H,24,26)(H2,23,25,27). The second-order valence-corrected chi connectivity index (χ2v) is 7.59. The van der Waals surface area contributed by atoms with Crippen LogP contribution in [0.4, 0.5) is 16.2 Å². The monoisotopic (exact) mass is 383 g/mol. The smallest absolute Gasteiger partial charge is 0.319 e. The highest BCUT2D eigenvalue weighted by Crippen LogP contribution is 2.29. The Kier molecular flexibility index (Phi) is 7.44. The molecule has 0 aliphatic rings. The Morgan fingerprint density at radius 1 is 1.00 bits per heavy atom.